The number of nitrogens with one attached hydrogen (secondary N) is 1. The lowest BCUT2D eigenvalue weighted by Crippen LogP contribution is -2.12. The third-order valence-electron chi connectivity index (χ3n) is 2.56. The maximum atomic E-state index is 11.6. The van der Waals surface area contributed by atoms with Crippen LogP contribution >= 0.6 is 0 Å². The Balaban J connectivity index is 2.48. The summed E-state index contributed by atoms with van der Waals surface area (Å²) in [6.07, 6.45) is 3.51. The highest BCUT2D eigenvalue weighted by molar-refractivity contribution is 5.48. The Hall–Kier alpha value is -1.91. The Bertz CT molecular complexity index is 556. The van der Waals surface area contributed by atoms with Gasteiger partial charge in [-0.3, -0.25) is 9.48 Å². The van der Waals surface area contributed by atoms with Gasteiger partial charge in [0.2, 0.25) is 0 Å². The maximum absolute atomic E-state index is 11.6. The molecule has 2 aromatic rings. The smallest absolute Gasteiger partial charge is 0.251 e. The number of aryl methyl sites for hydroxylation is 2. The van der Waals surface area contributed by atoms with Gasteiger partial charge in [0.15, 0.2) is 5.82 Å². The van der Waals surface area contributed by atoms with Crippen LogP contribution in [0, 0.1) is 0 Å². The number of hydrogen-bond acceptors (Lipinski definition) is 3. The molecule has 0 aliphatic heterocycles. The second-order valence-corrected chi connectivity index (χ2v) is 3.87. The highest BCUT2D eigenvalue weighted by Crippen LogP contribution is 2.13. The lowest BCUT2D eigenvalue weighted by Gasteiger charge is -2.05. The molecular formula is C12H16N4O. The Labute approximate surface area is 99.5 Å². The van der Waals surface area contributed by atoms with Crippen LogP contribution in [0.4, 0.5) is 0 Å². The van der Waals surface area contributed by atoms with Gasteiger partial charge in [-0.1, -0.05) is 13.3 Å². The van der Waals surface area contributed by atoms with Gasteiger partial charge in [-0.05, 0) is 19.4 Å². The lowest BCUT2D eigenvalue weighted by atomic mass is 10.2. The molecule has 5 heteroatoms. The molecule has 0 aliphatic rings. The van der Waals surface area contributed by atoms with Gasteiger partial charge in [0, 0.05) is 24.5 Å². The fraction of sp³-hybridized carbons (Fsp3) is 0.417. The number of rotatable bonds is 4. The zero-order valence-electron chi connectivity index (χ0n) is 10.1. The standard InChI is InChI=1S/C12H16N4O/c1-3-5-9-8-11(17)15-12(14-9)10-6-7-13-16(10)4-2/h6-8H,3-5H2,1-2H3,(H,14,15,17). The minimum absolute atomic E-state index is 0.109. The Morgan fingerprint density at radius 3 is 2.94 bits per heavy atom. The summed E-state index contributed by atoms with van der Waals surface area (Å²) in [6, 6.07) is 3.41. The third-order valence-corrected chi connectivity index (χ3v) is 2.56. The Morgan fingerprint density at radius 1 is 1.41 bits per heavy atom. The molecule has 2 aromatic heterocycles. The van der Waals surface area contributed by atoms with Crippen molar-refractivity contribution in [2.24, 2.45) is 0 Å². The van der Waals surface area contributed by atoms with Crippen molar-refractivity contribution in [2.45, 2.75) is 33.2 Å². The van der Waals surface area contributed by atoms with Crippen molar-refractivity contribution in [3.05, 3.63) is 34.4 Å². The molecule has 90 valence electrons. The van der Waals surface area contributed by atoms with Gasteiger partial charge >= 0.3 is 0 Å². The van der Waals surface area contributed by atoms with E-state index in [2.05, 4.69) is 22.0 Å². The minimum atomic E-state index is -0.109. The average molecular weight is 232 g/mol. The molecule has 0 spiro atoms. The summed E-state index contributed by atoms with van der Waals surface area (Å²) >= 11 is 0. The van der Waals surface area contributed by atoms with Crippen molar-refractivity contribution >= 4 is 0 Å². The van der Waals surface area contributed by atoms with E-state index in [1.54, 1.807) is 12.3 Å². The van der Waals surface area contributed by atoms with Gasteiger partial charge in [0.25, 0.3) is 5.56 Å². The molecule has 0 aromatic carbocycles. The van der Waals surface area contributed by atoms with E-state index in [4.69, 9.17) is 0 Å². The quantitative estimate of drug-likeness (QED) is 0.871. The van der Waals surface area contributed by atoms with E-state index in [-0.39, 0.29) is 5.56 Å². The first kappa shape index (κ1) is 11.6. The Kier molecular flexibility index (Phi) is 3.37. The second-order valence-electron chi connectivity index (χ2n) is 3.87. The highest BCUT2D eigenvalue weighted by atomic mass is 16.1. The van der Waals surface area contributed by atoms with Crippen molar-refractivity contribution < 1.29 is 0 Å². The van der Waals surface area contributed by atoms with E-state index >= 15 is 0 Å². The molecular weight excluding hydrogens is 216 g/mol. The van der Waals surface area contributed by atoms with E-state index in [1.165, 1.54) is 0 Å². The van der Waals surface area contributed by atoms with Gasteiger partial charge in [0.05, 0.1) is 0 Å². The topological polar surface area (TPSA) is 63.6 Å². The predicted molar refractivity (Wildman–Crippen MR) is 65.7 cm³/mol. The minimum Gasteiger partial charge on any atom is -0.305 e. The predicted octanol–water partition coefficient (Wildman–Crippen LogP) is 1.61. The number of aromatic amines is 1. The molecule has 0 saturated carbocycles. The summed E-state index contributed by atoms with van der Waals surface area (Å²) in [7, 11) is 0. The van der Waals surface area contributed by atoms with E-state index in [9.17, 15) is 4.79 Å². The molecule has 0 aliphatic carbocycles. The van der Waals surface area contributed by atoms with Gasteiger partial charge in [-0.2, -0.15) is 5.10 Å². The number of aromatic nitrogens is 4. The molecule has 0 amide bonds. The van der Waals surface area contributed by atoms with E-state index < -0.39 is 0 Å². The zero-order chi connectivity index (χ0) is 12.3. The highest BCUT2D eigenvalue weighted by Gasteiger charge is 2.08. The molecule has 5 nitrogen and oxygen atoms in total. The van der Waals surface area contributed by atoms with Gasteiger partial charge in [-0.15, -0.1) is 0 Å². The largest absolute Gasteiger partial charge is 0.305 e. The van der Waals surface area contributed by atoms with Crippen molar-refractivity contribution in [3.63, 3.8) is 0 Å². The van der Waals surface area contributed by atoms with E-state index in [0.717, 1.165) is 30.8 Å². The van der Waals surface area contributed by atoms with Crippen LogP contribution in [0.15, 0.2) is 23.1 Å². The summed E-state index contributed by atoms with van der Waals surface area (Å²) in [4.78, 5) is 18.8. The summed E-state index contributed by atoms with van der Waals surface area (Å²) in [5.74, 6) is 0.598. The van der Waals surface area contributed by atoms with Crippen LogP contribution in [0.1, 0.15) is 26.0 Å². The lowest BCUT2D eigenvalue weighted by molar-refractivity contribution is 0.662. The first-order chi connectivity index (χ1) is 8.24. The summed E-state index contributed by atoms with van der Waals surface area (Å²) < 4.78 is 1.81. The Morgan fingerprint density at radius 2 is 2.24 bits per heavy atom. The number of hydrogen-bond donors (Lipinski definition) is 1. The molecule has 0 fully saturated rings. The molecule has 0 bridgehead atoms. The van der Waals surface area contributed by atoms with Crippen LogP contribution in [0.5, 0.6) is 0 Å². The summed E-state index contributed by atoms with van der Waals surface area (Å²) in [5, 5.41) is 4.17. The number of H-pyrrole nitrogens is 1. The molecule has 0 atom stereocenters. The third kappa shape index (κ3) is 2.43. The fourth-order valence-electron chi connectivity index (χ4n) is 1.80. The summed E-state index contributed by atoms with van der Waals surface area (Å²) in [6.45, 7) is 4.83. The number of nitrogens with zero attached hydrogens (tertiary/aromatic N) is 3. The summed E-state index contributed by atoms with van der Waals surface area (Å²) in [5.41, 5.74) is 1.57. The first-order valence-electron chi connectivity index (χ1n) is 5.87. The van der Waals surface area contributed by atoms with Crippen LogP contribution in [0.2, 0.25) is 0 Å². The second kappa shape index (κ2) is 4.95. The molecule has 0 unspecified atom stereocenters. The molecule has 2 rings (SSSR count). The van der Waals surface area contributed by atoms with Crippen molar-refractivity contribution in [1.29, 1.82) is 0 Å². The fourth-order valence-corrected chi connectivity index (χ4v) is 1.80. The van der Waals surface area contributed by atoms with E-state index in [1.807, 2.05) is 17.7 Å². The van der Waals surface area contributed by atoms with Crippen LogP contribution < -0.4 is 5.56 Å². The van der Waals surface area contributed by atoms with Crippen molar-refractivity contribution in [1.82, 2.24) is 19.7 Å². The molecule has 17 heavy (non-hydrogen) atoms. The van der Waals surface area contributed by atoms with Crippen molar-refractivity contribution in [3.8, 4) is 11.5 Å². The molecule has 2 heterocycles. The van der Waals surface area contributed by atoms with Gasteiger partial charge in [0.1, 0.15) is 5.69 Å². The monoisotopic (exact) mass is 232 g/mol. The van der Waals surface area contributed by atoms with Crippen molar-refractivity contribution in [2.75, 3.05) is 0 Å². The van der Waals surface area contributed by atoms with Gasteiger partial charge in [-0.25, -0.2) is 4.98 Å². The SMILES string of the molecule is CCCc1cc(=O)[nH]c(-c2ccnn2CC)n1. The van der Waals surface area contributed by atoms with Crippen LogP contribution in [-0.4, -0.2) is 19.7 Å². The van der Waals surface area contributed by atoms with Crippen LogP contribution in [0.3, 0.4) is 0 Å². The van der Waals surface area contributed by atoms with E-state index in [0.29, 0.717) is 5.82 Å². The normalized spacial score (nSPS) is 10.7. The van der Waals surface area contributed by atoms with Crippen LogP contribution in [0.25, 0.3) is 11.5 Å². The maximum Gasteiger partial charge on any atom is 0.251 e. The van der Waals surface area contributed by atoms with Crippen LogP contribution in [-0.2, 0) is 13.0 Å². The molecule has 0 saturated heterocycles. The average Bonchev–Trinajstić information content (AvgIpc) is 2.76. The zero-order valence-corrected chi connectivity index (χ0v) is 10.1. The molecule has 0 radical (unpaired) electrons. The van der Waals surface area contributed by atoms with Gasteiger partial charge < -0.3 is 4.98 Å². The molecule has 1 N–H and O–H groups in total. The first-order valence-corrected chi connectivity index (χ1v) is 5.87.